The third-order valence-corrected chi connectivity index (χ3v) is 3.37. The second-order valence-electron chi connectivity index (χ2n) is 3.08. The van der Waals surface area contributed by atoms with Crippen molar-refractivity contribution in [1.29, 1.82) is 0 Å². The molecular weight excluding hydrogens is 222 g/mol. The number of anilines is 1. The average Bonchev–Trinajstić information content (AvgIpc) is 2.15. The Balaban J connectivity index is 3.01. The Hall–Kier alpha value is -0.740. The van der Waals surface area contributed by atoms with E-state index in [1.165, 1.54) is 6.26 Å². The van der Waals surface area contributed by atoms with Crippen LogP contribution in [-0.4, -0.2) is 27.7 Å². The molecule has 0 unspecified atom stereocenters. The van der Waals surface area contributed by atoms with Gasteiger partial charge in [-0.25, -0.2) is 8.42 Å². The van der Waals surface area contributed by atoms with Gasteiger partial charge in [0.2, 0.25) is 0 Å². The molecule has 1 aromatic carbocycles. The van der Waals surface area contributed by atoms with Crippen molar-refractivity contribution in [2.45, 2.75) is 4.90 Å². The zero-order chi connectivity index (χ0) is 10.8. The molecule has 5 heteroatoms. The second-order valence-corrected chi connectivity index (χ2v) is 5.34. The topological polar surface area (TPSA) is 37.4 Å². The Bertz CT molecular complexity index is 399. The van der Waals surface area contributed by atoms with E-state index in [0.717, 1.165) is 5.69 Å². The quantitative estimate of drug-likeness (QED) is 0.589. The molecule has 0 aliphatic carbocycles. The van der Waals surface area contributed by atoms with Crippen molar-refractivity contribution in [2.75, 3.05) is 24.2 Å². The van der Waals surface area contributed by atoms with Crippen LogP contribution in [0.15, 0.2) is 29.2 Å². The van der Waals surface area contributed by atoms with E-state index in [0.29, 0.717) is 10.9 Å². The lowest BCUT2D eigenvalue weighted by Crippen LogP contribution is -2.13. The molecule has 14 heavy (non-hydrogen) atoms. The van der Waals surface area contributed by atoms with Gasteiger partial charge in [0.25, 0.3) is 0 Å². The minimum atomic E-state index is -3.10. The maximum absolute atomic E-state index is 11.1. The SMILES string of the molecule is CN(CCl)c1ccc(S(C)(=O)=O)cc1. The summed E-state index contributed by atoms with van der Waals surface area (Å²) in [6.45, 7) is 0. The molecule has 0 radical (unpaired) electrons. The number of alkyl halides is 1. The summed E-state index contributed by atoms with van der Waals surface area (Å²) in [7, 11) is -1.27. The lowest BCUT2D eigenvalue weighted by atomic mass is 10.3. The van der Waals surface area contributed by atoms with E-state index in [-0.39, 0.29) is 0 Å². The molecule has 0 bridgehead atoms. The van der Waals surface area contributed by atoms with Crippen LogP contribution < -0.4 is 4.90 Å². The zero-order valence-corrected chi connectivity index (χ0v) is 9.64. The van der Waals surface area contributed by atoms with Crippen LogP contribution in [0.1, 0.15) is 0 Å². The van der Waals surface area contributed by atoms with Crippen LogP contribution >= 0.6 is 11.6 Å². The van der Waals surface area contributed by atoms with E-state index in [9.17, 15) is 8.42 Å². The minimum absolute atomic E-state index is 0.323. The molecule has 0 saturated heterocycles. The highest BCUT2D eigenvalue weighted by molar-refractivity contribution is 7.90. The van der Waals surface area contributed by atoms with Gasteiger partial charge >= 0.3 is 0 Å². The molecule has 0 saturated carbocycles. The summed E-state index contributed by atoms with van der Waals surface area (Å²) in [5.74, 6) is 0. The van der Waals surface area contributed by atoms with Gasteiger partial charge in [-0.3, -0.25) is 0 Å². The van der Waals surface area contributed by atoms with E-state index in [2.05, 4.69) is 0 Å². The lowest BCUT2D eigenvalue weighted by molar-refractivity contribution is 0.602. The van der Waals surface area contributed by atoms with Crippen LogP contribution in [0, 0.1) is 0 Å². The number of sulfone groups is 1. The van der Waals surface area contributed by atoms with E-state index < -0.39 is 9.84 Å². The number of rotatable bonds is 3. The molecule has 0 N–H and O–H groups in total. The normalized spacial score (nSPS) is 11.4. The highest BCUT2D eigenvalue weighted by Gasteiger charge is 2.06. The average molecular weight is 234 g/mol. The van der Waals surface area contributed by atoms with Crippen LogP contribution in [0.3, 0.4) is 0 Å². The molecule has 0 heterocycles. The maximum Gasteiger partial charge on any atom is 0.175 e. The minimum Gasteiger partial charge on any atom is -0.361 e. The van der Waals surface area contributed by atoms with Crippen LogP contribution in [0.25, 0.3) is 0 Å². The smallest absolute Gasteiger partial charge is 0.175 e. The first-order valence-corrected chi connectivity index (χ1v) is 6.45. The second kappa shape index (κ2) is 4.19. The Kier molecular flexibility index (Phi) is 3.39. The molecule has 0 amide bonds. The monoisotopic (exact) mass is 233 g/mol. The molecule has 3 nitrogen and oxygen atoms in total. The van der Waals surface area contributed by atoms with Gasteiger partial charge < -0.3 is 4.90 Å². The van der Waals surface area contributed by atoms with Crippen molar-refractivity contribution in [2.24, 2.45) is 0 Å². The highest BCUT2D eigenvalue weighted by Crippen LogP contribution is 2.16. The summed E-state index contributed by atoms with van der Waals surface area (Å²) < 4.78 is 22.3. The summed E-state index contributed by atoms with van der Waals surface area (Å²) >= 11 is 5.62. The number of halogens is 1. The van der Waals surface area contributed by atoms with Gasteiger partial charge in [-0.15, -0.1) is 11.6 Å². The van der Waals surface area contributed by atoms with Crippen LogP contribution in [0.2, 0.25) is 0 Å². The van der Waals surface area contributed by atoms with Crippen molar-refractivity contribution in [3.8, 4) is 0 Å². The molecule has 0 aliphatic heterocycles. The fourth-order valence-electron chi connectivity index (χ4n) is 1.02. The van der Waals surface area contributed by atoms with Gasteiger partial charge in [0.1, 0.15) is 0 Å². The number of nitrogens with zero attached hydrogens (tertiary/aromatic N) is 1. The molecule has 1 rings (SSSR count). The van der Waals surface area contributed by atoms with E-state index in [1.54, 1.807) is 24.3 Å². The van der Waals surface area contributed by atoms with E-state index in [4.69, 9.17) is 11.6 Å². The lowest BCUT2D eigenvalue weighted by Gasteiger charge is -2.15. The summed E-state index contributed by atoms with van der Waals surface area (Å²) in [4.78, 5) is 2.14. The Morgan fingerprint density at radius 1 is 1.29 bits per heavy atom. The largest absolute Gasteiger partial charge is 0.361 e. The van der Waals surface area contributed by atoms with Crippen molar-refractivity contribution in [3.63, 3.8) is 0 Å². The predicted molar refractivity (Wildman–Crippen MR) is 58.7 cm³/mol. The number of hydrogen-bond acceptors (Lipinski definition) is 3. The number of hydrogen-bond donors (Lipinski definition) is 0. The first-order chi connectivity index (χ1) is 6.45. The summed E-state index contributed by atoms with van der Waals surface area (Å²) in [6.07, 6.45) is 1.19. The van der Waals surface area contributed by atoms with E-state index >= 15 is 0 Å². The fourth-order valence-corrected chi connectivity index (χ4v) is 1.79. The first-order valence-electron chi connectivity index (χ1n) is 4.02. The fraction of sp³-hybridized carbons (Fsp3) is 0.333. The standard InChI is InChI=1S/C9H12ClNO2S/c1-11(7-10)8-3-5-9(6-4-8)14(2,12)13/h3-6H,7H2,1-2H3. The van der Waals surface area contributed by atoms with Crippen LogP contribution in [-0.2, 0) is 9.84 Å². The zero-order valence-electron chi connectivity index (χ0n) is 8.07. The third-order valence-electron chi connectivity index (χ3n) is 1.88. The van der Waals surface area contributed by atoms with Gasteiger partial charge in [0, 0.05) is 19.0 Å². The van der Waals surface area contributed by atoms with Gasteiger partial charge in [-0.1, -0.05) is 0 Å². The third kappa shape index (κ3) is 2.62. The summed E-state index contributed by atoms with van der Waals surface area (Å²) in [5.41, 5.74) is 0.896. The Morgan fingerprint density at radius 2 is 1.79 bits per heavy atom. The molecule has 0 atom stereocenters. The first kappa shape index (κ1) is 11.3. The van der Waals surface area contributed by atoms with Crippen LogP contribution in [0.5, 0.6) is 0 Å². The molecule has 0 aliphatic rings. The highest BCUT2D eigenvalue weighted by atomic mass is 35.5. The van der Waals surface area contributed by atoms with Crippen molar-refractivity contribution < 1.29 is 8.42 Å². The molecular formula is C9H12ClNO2S. The number of benzene rings is 1. The Morgan fingerprint density at radius 3 is 2.14 bits per heavy atom. The van der Waals surface area contributed by atoms with Crippen molar-refractivity contribution in [3.05, 3.63) is 24.3 Å². The van der Waals surface area contributed by atoms with Crippen molar-refractivity contribution in [1.82, 2.24) is 0 Å². The van der Waals surface area contributed by atoms with Gasteiger partial charge in [-0.05, 0) is 24.3 Å². The van der Waals surface area contributed by atoms with Gasteiger partial charge in [0.15, 0.2) is 9.84 Å². The summed E-state index contributed by atoms with van der Waals surface area (Å²) in [6, 6.07) is 7.00. The van der Waals surface area contributed by atoms with Crippen molar-refractivity contribution >= 4 is 27.1 Å². The van der Waals surface area contributed by atoms with E-state index in [1.807, 2.05) is 11.9 Å². The molecule has 0 fully saturated rings. The maximum atomic E-state index is 11.1. The van der Waals surface area contributed by atoms with Gasteiger partial charge in [-0.2, -0.15) is 0 Å². The molecule has 0 aromatic heterocycles. The molecule has 78 valence electrons. The van der Waals surface area contributed by atoms with Gasteiger partial charge in [0.05, 0.1) is 10.9 Å². The Labute approximate surface area is 89.2 Å². The summed E-state index contributed by atoms with van der Waals surface area (Å²) in [5, 5.41) is 0. The molecule has 0 spiro atoms. The molecule has 1 aromatic rings. The predicted octanol–water partition coefficient (Wildman–Crippen LogP) is 1.72. The van der Waals surface area contributed by atoms with Crippen LogP contribution in [0.4, 0.5) is 5.69 Å².